The molecule has 0 aromatic heterocycles. The lowest BCUT2D eigenvalue weighted by Crippen LogP contribution is -2.54. The van der Waals surface area contributed by atoms with E-state index in [2.05, 4.69) is 52.8 Å². The van der Waals surface area contributed by atoms with E-state index in [1.54, 1.807) is 24.3 Å². The first-order valence-electron chi connectivity index (χ1n) is 10.0. The van der Waals surface area contributed by atoms with Gasteiger partial charge in [0.2, 0.25) is 0 Å². The molecule has 1 heterocycles. The molecule has 2 atom stereocenters. The van der Waals surface area contributed by atoms with E-state index >= 15 is 0 Å². The fourth-order valence-corrected chi connectivity index (χ4v) is 3.91. The molecule has 2 amide bonds. The van der Waals surface area contributed by atoms with Crippen LogP contribution in [-0.4, -0.2) is 36.6 Å². The minimum Gasteiger partial charge on any atom is -0.334 e. The number of likely N-dealkylation sites (tertiary alicyclic amines) is 1. The fraction of sp³-hybridized carbons (Fsp3) is 0.391. The lowest BCUT2D eigenvalue weighted by molar-refractivity contribution is 0.143. The molecule has 1 saturated heterocycles. The number of hydrogen-bond acceptors (Lipinski definition) is 3. The summed E-state index contributed by atoms with van der Waals surface area (Å²) in [5.41, 5.74) is 2.48. The number of nitrogens with one attached hydrogen (secondary N) is 2. The van der Waals surface area contributed by atoms with Gasteiger partial charge in [-0.2, -0.15) is 5.26 Å². The Morgan fingerprint density at radius 3 is 2.79 bits per heavy atom. The van der Waals surface area contributed by atoms with Gasteiger partial charge in [0.25, 0.3) is 0 Å². The standard InChI is InChI=1S/C23H28N4O/c1-2-12-27-13-11-20(14-18-7-4-3-5-8-18)22(17-27)26-23(28)25-21-10-6-9-19(15-21)16-24/h3-10,15,20,22H,2,11-14,17H2,1H3,(H2,25,26,28). The SMILES string of the molecule is CCCN1CCC(Cc2ccccc2)C(NC(=O)Nc2cccc(C#N)c2)C1. The first-order chi connectivity index (χ1) is 13.7. The normalized spacial score (nSPS) is 19.6. The fourth-order valence-electron chi connectivity index (χ4n) is 3.91. The summed E-state index contributed by atoms with van der Waals surface area (Å²) in [6, 6.07) is 19.4. The van der Waals surface area contributed by atoms with E-state index in [-0.39, 0.29) is 12.1 Å². The van der Waals surface area contributed by atoms with Gasteiger partial charge in [-0.05, 0) is 62.0 Å². The summed E-state index contributed by atoms with van der Waals surface area (Å²) in [4.78, 5) is 15.1. The van der Waals surface area contributed by atoms with Gasteiger partial charge in [0.1, 0.15) is 0 Å². The van der Waals surface area contributed by atoms with E-state index in [1.165, 1.54) is 5.56 Å². The maximum Gasteiger partial charge on any atom is 0.319 e. The van der Waals surface area contributed by atoms with Crippen molar-refractivity contribution < 1.29 is 4.79 Å². The predicted molar refractivity (Wildman–Crippen MR) is 112 cm³/mol. The maximum absolute atomic E-state index is 12.6. The molecule has 28 heavy (non-hydrogen) atoms. The van der Waals surface area contributed by atoms with Gasteiger partial charge in [-0.25, -0.2) is 4.79 Å². The molecule has 1 aliphatic rings. The molecule has 0 saturated carbocycles. The van der Waals surface area contributed by atoms with Gasteiger partial charge in [0.15, 0.2) is 0 Å². The largest absolute Gasteiger partial charge is 0.334 e. The summed E-state index contributed by atoms with van der Waals surface area (Å²) >= 11 is 0. The number of urea groups is 1. The second-order valence-corrected chi connectivity index (χ2v) is 7.44. The predicted octanol–water partition coefficient (Wildman–Crippen LogP) is 4.02. The highest BCUT2D eigenvalue weighted by molar-refractivity contribution is 5.89. The van der Waals surface area contributed by atoms with Crippen molar-refractivity contribution in [3.8, 4) is 6.07 Å². The molecule has 2 aromatic rings. The zero-order valence-electron chi connectivity index (χ0n) is 16.4. The van der Waals surface area contributed by atoms with Gasteiger partial charge < -0.3 is 15.5 Å². The van der Waals surface area contributed by atoms with Crippen LogP contribution in [0, 0.1) is 17.2 Å². The monoisotopic (exact) mass is 376 g/mol. The first-order valence-corrected chi connectivity index (χ1v) is 10.0. The van der Waals surface area contributed by atoms with Crippen molar-refractivity contribution in [3.63, 3.8) is 0 Å². The van der Waals surface area contributed by atoms with Crippen molar-refractivity contribution in [1.29, 1.82) is 5.26 Å². The summed E-state index contributed by atoms with van der Waals surface area (Å²) in [5, 5.41) is 15.1. The number of carbonyl (C=O) groups excluding carboxylic acids is 1. The Bertz CT molecular complexity index is 815. The molecule has 2 unspecified atom stereocenters. The Kier molecular flexibility index (Phi) is 7.05. The van der Waals surface area contributed by atoms with Crippen molar-refractivity contribution in [2.75, 3.05) is 25.0 Å². The van der Waals surface area contributed by atoms with Crippen LogP contribution < -0.4 is 10.6 Å². The summed E-state index contributed by atoms with van der Waals surface area (Å²) in [5.74, 6) is 0.409. The molecule has 0 spiro atoms. The summed E-state index contributed by atoms with van der Waals surface area (Å²) < 4.78 is 0. The van der Waals surface area contributed by atoms with Crippen LogP contribution in [0.1, 0.15) is 30.9 Å². The van der Waals surface area contributed by atoms with Crippen LogP contribution in [0.2, 0.25) is 0 Å². The average molecular weight is 377 g/mol. The van der Waals surface area contributed by atoms with Crippen molar-refractivity contribution >= 4 is 11.7 Å². The molecule has 0 bridgehead atoms. The minimum absolute atomic E-state index is 0.0969. The number of benzene rings is 2. The number of piperidine rings is 1. The Labute approximate surface area is 167 Å². The van der Waals surface area contributed by atoms with E-state index in [0.29, 0.717) is 17.2 Å². The Morgan fingerprint density at radius 1 is 1.21 bits per heavy atom. The molecule has 3 rings (SSSR count). The van der Waals surface area contributed by atoms with Gasteiger partial charge in [-0.3, -0.25) is 0 Å². The first kappa shape index (κ1) is 19.9. The van der Waals surface area contributed by atoms with Crippen molar-refractivity contribution in [3.05, 3.63) is 65.7 Å². The highest BCUT2D eigenvalue weighted by Crippen LogP contribution is 2.23. The lowest BCUT2D eigenvalue weighted by atomic mass is 9.86. The average Bonchev–Trinajstić information content (AvgIpc) is 2.71. The second kappa shape index (κ2) is 9.91. The van der Waals surface area contributed by atoms with Crippen LogP contribution in [0.4, 0.5) is 10.5 Å². The summed E-state index contributed by atoms with van der Waals surface area (Å²) in [6.45, 7) is 5.20. The quantitative estimate of drug-likeness (QED) is 0.800. The van der Waals surface area contributed by atoms with E-state index < -0.39 is 0 Å². The molecular formula is C23H28N4O. The number of hydrogen-bond donors (Lipinski definition) is 2. The highest BCUT2D eigenvalue weighted by Gasteiger charge is 2.30. The van der Waals surface area contributed by atoms with E-state index in [0.717, 1.165) is 38.9 Å². The highest BCUT2D eigenvalue weighted by atomic mass is 16.2. The lowest BCUT2D eigenvalue weighted by Gasteiger charge is -2.39. The third-order valence-corrected chi connectivity index (χ3v) is 5.29. The van der Waals surface area contributed by atoms with Crippen LogP contribution in [0.3, 0.4) is 0 Å². The topological polar surface area (TPSA) is 68.2 Å². The molecule has 0 radical (unpaired) electrons. The van der Waals surface area contributed by atoms with E-state index in [1.807, 2.05) is 6.07 Å². The Hall–Kier alpha value is -2.84. The van der Waals surface area contributed by atoms with Gasteiger partial charge in [-0.15, -0.1) is 0 Å². The summed E-state index contributed by atoms with van der Waals surface area (Å²) in [7, 11) is 0. The van der Waals surface area contributed by atoms with Crippen LogP contribution in [0.25, 0.3) is 0 Å². The van der Waals surface area contributed by atoms with Crippen molar-refractivity contribution in [1.82, 2.24) is 10.2 Å². The van der Waals surface area contributed by atoms with Gasteiger partial charge in [-0.1, -0.05) is 43.3 Å². The van der Waals surface area contributed by atoms with E-state index in [4.69, 9.17) is 5.26 Å². The smallest absolute Gasteiger partial charge is 0.319 e. The second-order valence-electron chi connectivity index (χ2n) is 7.44. The number of nitriles is 1. The molecule has 5 heteroatoms. The van der Waals surface area contributed by atoms with Crippen molar-refractivity contribution in [2.45, 2.75) is 32.2 Å². The van der Waals surface area contributed by atoms with Gasteiger partial charge >= 0.3 is 6.03 Å². The number of nitrogens with zero attached hydrogens (tertiary/aromatic N) is 2. The maximum atomic E-state index is 12.6. The number of rotatable bonds is 6. The molecule has 0 aliphatic carbocycles. The molecular weight excluding hydrogens is 348 g/mol. The molecule has 146 valence electrons. The van der Waals surface area contributed by atoms with Crippen LogP contribution in [0.15, 0.2) is 54.6 Å². The molecule has 2 N–H and O–H groups in total. The molecule has 2 aromatic carbocycles. The number of amides is 2. The zero-order valence-corrected chi connectivity index (χ0v) is 16.4. The van der Waals surface area contributed by atoms with Gasteiger partial charge in [0.05, 0.1) is 11.6 Å². The van der Waals surface area contributed by atoms with Crippen LogP contribution in [0.5, 0.6) is 0 Å². The third kappa shape index (κ3) is 5.58. The zero-order chi connectivity index (χ0) is 19.8. The van der Waals surface area contributed by atoms with E-state index in [9.17, 15) is 4.79 Å². The number of carbonyl (C=O) groups is 1. The summed E-state index contributed by atoms with van der Waals surface area (Å²) in [6.07, 6.45) is 3.16. The van der Waals surface area contributed by atoms with Crippen LogP contribution in [-0.2, 0) is 6.42 Å². The number of anilines is 1. The Morgan fingerprint density at radius 2 is 2.04 bits per heavy atom. The molecule has 5 nitrogen and oxygen atoms in total. The minimum atomic E-state index is -0.212. The third-order valence-electron chi connectivity index (χ3n) is 5.29. The van der Waals surface area contributed by atoms with Crippen molar-refractivity contribution in [2.24, 2.45) is 5.92 Å². The Balaban J connectivity index is 1.66. The molecule has 1 fully saturated rings. The molecule has 1 aliphatic heterocycles. The van der Waals surface area contributed by atoms with Gasteiger partial charge in [0, 0.05) is 18.3 Å². The van der Waals surface area contributed by atoms with Crippen LogP contribution >= 0.6 is 0 Å².